The average Bonchev–Trinajstić information content (AvgIpc) is 2.17. The molecule has 0 amide bonds. The molecular formula is C10H7Cl2NO. The molecule has 0 saturated carbocycles. The molecule has 4 heteroatoms. The molecule has 0 aliphatic heterocycles. The van der Waals surface area contributed by atoms with Gasteiger partial charge in [-0.2, -0.15) is 5.26 Å². The van der Waals surface area contributed by atoms with Crippen LogP contribution < -0.4 is 4.74 Å². The van der Waals surface area contributed by atoms with Gasteiger partial charge < -0.3 is 4.74 Å². The fourth-order valence-corrected chi connectivity index (χ4v) is 1.19. The first-order chi connectivity index (χ1) is 6.76. The van der Waals surface area contributed by atoms with Crippen LogP contribution in [0.1, 0.15) is 5.56 Å². The molecule has 14 heavy (non-hydrogen) atoms. The predicted molar refractivity (Wildman–Crippen MR) is 56.7 cm³/mol. The van der Waals surface area contributed by atoms with E-state index in [0.717, 1.165) is 0 Å². The molecule has 1 aromatic rings. The van der Waals surface area contributed by atoms with Crippen molar-refractivity contribution < 1.29 is 4.74 Å². The van der Waals surface area contributed by atoms with Gasteiger partial charge in [0.05, 0.1) is 11.6 Å². The third kappa shape index (κ3) is 3.29. The summed E-state index contributed by atoms with van der Waals surface area (Å²) in [5, 5.41) is 9.14. The van der Waals surface area contributed by atoms with Crippen molar-refractivity contribution in [1.29, 1.82) is 5.26 Å². The van der Waals surface area contributed by atoms with Gasteiger partial charge in [-0.05, 0) is 24.3 Å². The van der Waals surface area contributed by atoms with Crippen LogP contribution in [0.4, 0.5) is 0 Å². The van der Waals surface area contributed by atoms with Crippen molar-refractivity contribution in [3.05, 3.63) is 40.4 Å². The van der Waals surface area contributed by atoms with E-state index in [1.165, 1.54) is 5.54 Å². The predicted octanol–water partition coefficient (Wildman–Crippen LogP) is 3.34. The van der Waals surface area contributed by atoms with Crippen LogP contribution in [0.5, 0.6) is 5.75 Å². The smallest absolute Gasteiger partial charge is 0.122 e. The Kier molecular flexibility index (Phi) is 4.31. The monoisotopic (exact) mass is 227 g/mol. The van der Waals surface area contributed by atoms with Crippen molar-refractivity contribution in [2.45, 2.75) is 0 Å². The lowest BCUT2D eigenvalue weighted by Gasteiger charge is -2.03. The molecular weight excluding hydrogens is 221 g/mol. The van der Waals surface area contributed by atoms with Crippen LogP contribution in [0.3, 0.4) is 0 Å². The highest BCUT2D eigenvalue weighted by Gasteiger charge is 1.98. The van der Waals surface area contributed by atoms with Crippen molar-refractivity contribution in [2.75, 3.05) is 6.61 Å². The fraction of sp³-hybridized carbons (Fsp3) is 0.100. The Hall–Kier alpha value is -1.17. The normalized spacial score (nSPS) is 10.1. The maximum atomic E-state index is 8.66. The van der Waals surface area contributed by atoms with E-state index in [2.05, 4.69) is 0 Å². The molecule has 2 nitrogen and oxygen atoms in total. The average molecular weight is 228 g/mol. The molecule has 0 saturated heterocycles. The molecule has 0 spiro atoms. The summed E-state index contributed by atoms with van der Waals surface area (Å²) >= 11 is 11.1. The molecule has 0 aliphatic rings. The highest BCUT2D eigenvalue weighted by molar-refractivity contribution is 6.30. The highest BCUT2D eigenvalue weighted by Crippen LogP contribution is 2.20. The molecule has 0 heterocycles. The summed E-state index contributed by atoms with van der Waals surface area (Å²) in [6.07, 6.45) is 1.65. The molecule has 0 N–H and O–H groups in total. The van der Waals surface area contributed by atoms with Crippen molar-refractivity contribution in [1.82, 2.24) is 0 Å². The largest absolute Gasteiger partial charge is 0.489 e. The molecule has 0 atom stereocenters. The summed E-state index contributed by atoms with van der Waals surface area (Å²) in [4.78, 5) is 0. The van der Waals surface area contributed by atoms with Gasteiger partial charge in [0.25, 0.3) is 0 Å². The summed E-state index contributed by atoms with van der Waals surface area (Å²) in [6, 6.07) is 6.83. The second-order valence-electron chi connectivity index (χ2n) is 2.46. The van der Waals surface area contributed by atoms with Crippen LogP contribution in [0.25, 0.3) is 0 Å². The number of hydrogen-bond donors (Lipinski definition) is 0. The van der Waals surface area contributed by atoms with E-state index in [0.29, 0.717) is 22.9 Å². The van der Waals surface area contributed by atoms with E-state index in [1.54, 1.807) is 24.3 Å². The van der Waals surface area contributed by atoms with E-state index >= 15 is 0 Å². The van der Waals surface area contributed by atoms with E-state index < -0.39 is 0 Å². The van der Waals surface area contributed by atoms with Crippen LogP contribution >= 0.6 is 23.2 Å². The SMILES string of the molecule is N#Cc1cc(Cl)cc(OC/C=C/Cl)c1. The lowest BCUT2D eigenvalue weighted by atomic mass is 10.2. The lowest BCUT2D eigenvalue weighted by Crippen LogP contribution is -1.93. The van der Waals surface area contributed by atoms with Crippen LogP contribution in [-0.4, -0.2) is 6.61 Å². The van der Waals surface area contributed by atoms with Crippen molar-refractivity contribution in [3.63, 3.8) is 0 Å². The molecule has 0 fully saturated rings. The summed E-state index contributed by atoms with van der Waals surface area (Å²) in [6.45, 7) is 0.356. The van der Waals surface area contributed by atoms with Crippen molar-refractivity contribution in [2.24, 2.45) is 0 Å². The molecule has 0 aromatic heterocycles. The van der Waals surface area contributed by atoms with Gasteiger partial charge in [0, 0.05) is 10.6 Å². The third-order valence-electron chi connectivity index (χ3n) is 1.44. The molecule has 1 aromatic carbocycles. The number of halogens is 2. The second-order valence-corrected chi connectivity index (χ2v) is 3.15. The number of nitrogens with zero attached hydrogens (tertiary/aromatic N) is 1. The molecule has 0 aliphatic carbocycles. The zero-order chi connectivity index (χ0) is 10.4. The van der Waals surface area contributed by atoms with Gasteiger partial charge >= 0.3 is 0 Å². The first-order valence-electron chi connectivity index (χ1n) is 3.85. The molecule has 72 valence electrons. The van der Waals surface area contributed by atoms with Crippen LogP contribution in [-0.2, 0) is 0 Å². The van der Waals surface area contributed by atoms with E-state index in [-0.39, 0.29) is 0 Å². The molecule has 0 radical (unpaired) electrons. The van der Waals surface area contributed by atoms with Crippen molar-refractivity contribution in [3.8, 4) is 11.8 Å². The van der Waals surface area contributed by atoms with Crippen LogP contribution in [0.2, 0.25) is 5.02 Å². The summed E-state index contributed by atoms with van der Waals surface area (Å²) < 4.78 is 5.26. The lowest BCUT2D eigenvalue weighted by molar-refractivity contribution is 0.363. The summed E-state index contributed by atoms with van der Waals surface area (Å²) in [5.41, 5.74) is 1.85. The number of rotatable bonds is 3. The fourth-order valence-electron chi connectivity index (χ4n) is 0.891. The first kappa shape index (κ1) is 10.9. The Morgan fingerprint density at radius 1 is 1.43 bits per heavy atom. The van der Waals surface area contributed by atoms with Gasteiger partial charge in [-0.3, -0.25) is 0 Å². The van der Waals surface area contributed by atoms with E-state index in [1.807, 2.05) is 6.07 Å². The Morgan fingerprint density at radius 3 is 2.86 bits per heavy atom. The molecule has 0 unspecified atom stereocenters. The van der Waals surface area contributed by atoms with Crippen LogP contribution in [0, 0.1) is 11.3 Å². The van der Waals surface area contributed by atoms with Crippen LogP contribution in [0.15, 0.2) is 29.8 Å². The Bertz CT molecular complexity index is 382. The van der Waals surface area contributed by atoms with Gasteiger partial charge in [-0.1, -0.05) is 23.2 Å². The zero-order valence-electron chi connectivity index (χ0n) is 7.21. The van der Waals surface area contributed by atoms with E-state index in [9.17, 15) is 0 Å². The number of nitriles is 1. The molecule has 1 rings (SSSR count). The van der Waals surface area contributed by atoms with E-state index in [4.69, 9.17) is 33.2 Å². The second kappa shape index (κ2) is 5.54. The Balaban J connectivity index is 2.77. The maximum absolute atomic E-state index is 8.66. The standard InChI is InChI=1S/C10H7Cl2NO/c11-2-1-3-14-10-5-8(7-13)4-9(12)6-10/h1-2,4-6H,3H2/b2-1+. The number of hydrogen-bond acceptors (Lipinski definition) is 2. The number of benzene rings is 1. The topological polar surface area (TPSA) is 33.0 Å². The van der Waals surface area contributed by atoms with Gasteiger partial charge in [-0.25, -0.2) is 0 Å². The van der Waals surface area contributed by atoms with Gasteiger partial charge in [0.1, 0.15) is 12.4 Å². The Morgan fingerprint density at radius 2 is 2.21 bits per heavy atom. The minimum Gasteiger partial charge on any atom is -0.489 e. The molecule has 0 bridgehead atoms. The number of ether oxygens (including phenoxy) is 1. The minimum atomic E-state index is 0.356. The first-order valence-corrected chi connectivity index (χ1v) is 4.66. The van der Waals surface area contributed by atoms with Gasteiger partial charge in [0.2, 0.25) is 0 Å². The quantitative estimate of drug-likeness (QED) is 0.794. The van der Waals surface area contributed by atoms with Gasteiger partial charge in [-0.15, -0.1) is 0 Å². The minimum absolute atomic E-state index is 0.356. The third-order valence-corrected chi connectivity index (χ3v) is 1.83. The zero-order valence-corrected chi connectivity index (χ0v) is 8.72. The van der Waals surface area contributed by atoms with Gasteiger partial charge in [0.15, 0.2) is 0 Å². The maximum Gasteiger partial charge on any atom is 0.122 e. The Labute approximate surface area is 92.3 Å². The summed E-state index contributed by atoms with van der Waals surface area (Å²) in [5.74, 6) is 0.559. The van der Waals surface area contributed by atoms with Crippen molar-refractivity contribution >= 4 is 23.2 Å². The summed E-state index contributed by atoms with van der Waals surface area (Å²) in [7, 11) is 0. The highest BCUT2D eigenvalue weighted by atomic mass is 35.5.